The zero-order valence-corrected chi connectivity index (χ0v) is 11.8. The zero-order chi connectivity index (χ0) is 13.8. The topological polar surface area (TPSA) is 48.1 Å². The van der Waals surface area contributed by atoms with E-state index >= 15 is 0 Å². The third-order valence-electron chi connectivity index (χ3n) is 4.19. The number of nitrogens with zero attached hydrogens (tertiary/aromatic N) is 1. The zero-order valence-electron chi connectivity index (χ0n) is 11.8. The lowest BCUT2D eigenvalue weighted by molar-refractivity contribution is 0.203. The molecule has 0 bridgehead atoms. The molecule has 3 heteroatoms. The molecular formula is C17H22N2O. The lowest BCUT2D eigenvalue weighted by Gasteiger charge is -2.21. The Bertz CT molecular complexity index is 576. The molecule has 0 saturated heterocycles. The molecule has 2 aromatic rings. The molecule has 2 N–H and O–H groups in total. The van der Waals surface area contributed by atoms with Crippen LogP contribution in [-0.4, -0.2) is 11.6 Å². The van der Waals surface area contributed by atoms with Gasteiger partial charge in [0.1, 0.15) is 0 Å². The van der Waals surface area contributed by atoms with Gasteiger partial charge in [0.15, 0.2) is 0 Å². The molecule has 0 unspecified atom stereocenters. The van der Waals surface area contributed by atoms with Crippen molar-refractivity contribution in [3.63, 3.8) is 0 Å². The Labute approximate surface area is 120 Å². The molecule has 106 valence electrons. The van der Waals surface area contributed by atoms with Gasteiger partial charge in [0.25, 0.3) is 0 Å². The number of para-hydroxylation sites is 1. The van der Waals surface area contributed by atoms with Crippen LogP contribution in [0.25, 0.3) is 10.9 Å². The monoisotopic (exact) mass is 270 g/mol. The van der Waals surface area contributed by atoms with Gasteiger partial charge in [0.05, 0.1) is 12.1 Å². The molecule has 1 aliphatic carbocycles. The minimum absolute atomic E-state index is 0.517. The average molecular weight is 270 g/mol. The fraction of sp³-hybridized carbons (Fsp3) is 0.471. The summed E-state index contributed by atoms with van der Waals surface area (Å²) in [5, 5.41) is 1.13. The summed E-state index contributed by atoms with van der Waals surface area (Å²) in [6.07, 6.45) is 6.64. The molecule has 3 rings (SSSR count). The third kappa shape index (κ3) is 2.93. The van der Waals surface area contributed by atoms with Crippen LogP contribution in [0.4, 0.5) is 0 Å². The molecule has 1 aliphatic rings. The van der Waals surface area contributed by atoms with E-state index in [-0.39, 0.29) is 0 Å². The van der Waals surface area contributed by atoms with Crippen LogP contribution < -0.4 is 10.5 Å². The fourth-order valence-electron chi connectivity index (χ4n) is 3.02. The Balaban J connectivity index is 1.77. The first-order chi connectivity index (χ1) is 9.86. The minimum atomic E-state index is 0.517. The average Bonchev–Trinajstić information content (AvgIpc) is 2.53. The first-order valence-electron chi connectivity index (χ1n) is 7.58. The Morgan fingerprint density at radius 3 is 2.75 bits per heavy atom. The number of pyridine rings is 1. The molecule has 1 fully saturated rings. The van der Waals surface area contributed by atoms with E-state index in [1.807, 2.05) is 24.3 Å². The quantitative estimate of drug-likeness (QED) is 0.922. The fourth-order valence-corrected chi connectivity index (χ4v) is 3.02. The Morgan fingerprint density at radius 1 is 1.15 bits per heavy atom. The summed E-state index contributed by atoms with van der Waals surface area (Å²) in [6.45, 7) is 1.30. The van der Waals surface area contributed by atoms with E-state index in [0.29, 0.717) is 12.5 Å². The number of nitrogens with two attached hydrogens (primary N) is 1. The van der Waals surface area contributed by atoms with Crippen molar-refractivity contribution in [1.29, 1.82) is 0 Å². The summed E-state index contributed by atoms with van der Waals surface area (Å²) < 4.78 is 5.93. The SMILES string of the molecule is NCc1cc(OCC2CCCCC2)nc2ccccc12. The molecule has 1 heterocycles. The number of fused-ring (bicyclic) bond motifs is 1. The minimum Gasteiger partial charge on any atom is -0.477 e. The van der Waals surface area contributed by atoms with Crippen molar-refractivity contribution in [2.75, 3.05) is 6.61 Å². The number of ether oxygens (including phenoxy) is 1. The summed E-state index contributed by atoms with van der Waals surface area (Å²) in [4.78, 5) is 4.59. The molecule has 1 aromatic carbocycles. The summed E-state index contributed by atoms with van der Waals surface area (Å²) in [7, 11) is 0. The predicted octanol–water partition coefficient (Wildman–Crippen LogP) is 3.65. The summed E-state index contributed by atoms with van der Waals surface area (Å²) in [5.41, 5.74) is 7.91. The van der Waals surface area contributed by atoms with Crippen molar-refractivity contribution in [1.82, 2.24) is 4.98 Å². The Kier molecular flexibility index (Phi) is 4.16. The van der Waals surface area contributed by atoms with Gasteiger partial charge in [-0.2, -0.15) is 0 Å². The lowest BCUT2D eigenvalue weighted by atomic mass is 9.90. The van der Waals surface area contributed by atoms with Crippen LogP contribution in [0, 0.1) is 5.92 Å². The maximum Gasteiger partial charge on any atom is 0.214 e. The van der Waals surface area contributed by atoms with Gasteiger partial charge in [0, 0.05) is 18.0 Å². The van der Waals surface area contributed by atoms with Crippen LogP contribution in [0.1, 0.15) is 37.7 Å². The molecule has 0 aliphatic heterocycles. The number of rotatable bonds is 4. The molecule has 20 heavy (non-hydrogen) atoms. The molecule has 1 saturated carbocycles. The van der Waals surface area contributed by atoms with Crippen molar-refractivity contribution in [2.45, 2.75) is 38.6 Å². The largest absolute Gasteiger partial charge is 0.477 e. The highest BCUT2D eigenvalue weighted by Crippen LogP contribution is 2.26. The second-order valence-corrected chi connectivity index (χ2v) is 5.66. The van der Waals surface area contributed by atoms with Crippen LogP contribution in [0.5, 0.6) is 5.88 Å². The molecule has 1 aromatic heterocycles. The third-order valence-corrected chi connectivity index (χ3v) is 4.19. The smallest absolute Gasteiger partial charge is 0.214 e. The normalized spacial score (nSPS) is 16.4. The Hall–Kier alpha value is -1.61. The first kappa shape index (κ1) is 13.4. The van der Waals surface area contributed by atoms with E-state index in [1.54, 1.807) is 0 Å². The lowest BCUT2D eigenvalue weighted by Crippen LogP contribution is -2.16. The second kappa shape index (κ2) is 6.23. The van der Waals surface area contributed by atoms with E-state index in [0.717, 1.165) is 29.0 Å². The van der Waals surface area contributed by atoms with E-state index < -0.39 is 0 Å². The van der Waals surface area contributed by atoms with Gasteiger partial charge in [-0.3, -0.25) is 0 Å². The van der Waals surface area contributed by atoms with Crippen molar-refractivity contribution < 1.29 is 4.74 Å². The molecular weight excluding hydrogens is 248 g/mol. The maximum absolute atomic E-state index is 5.93. The van der Waals surface area contributed by atoms with Crippen LogP contribution in [-0.2, 0) is 6.54 Å². The van der Waals surface area contributed by atoms with Gasteiger partial charge in [-0.25, -0.2) is 4.98 Å². The van der Waals surface area contributed by atoms with Crippen molar-refractivity contribution >= 4 is 10.9 Å². The standard InChI is InChI=1S/C17H22N2O/c18-11-14-10-17(19-16-9-5-4-8-15(14)16)20-12-13-6-2-1-3-7-13/h4-5,8-10,13H,1-3,6-7,11-12,18H2. The van der Waals surface area contributed by atoms with Gasteiger partial charge in [-0.1, -0.05) is 37.5 Å². The van der Waals surface area contributed by atoms with Gasteiger partial charge in [0.2, 0.25) is 5.88 Å². The molecule has 0 radical (unpaired) electrons. The molecule has 0 amide bonds. The van der Waals surface area contributed by atoms with E-state index in [4.69, 9.17) is 10.5 Å². The van der Waals surface area contributed by atoms with Gasteiger partial charge >= 0.3 is 0 Å². The highest BCUT2D eigenvalue weighted by Gasteiger charge is 2.14. The molecule has 0 spiro atoms. The summed E-state index contributed by atoms with van der Waals surface area (Å²) in [6, 6.07) is 10.1. The first-order valence-corrected chi connectivity index (χ1v) is 7.58. The van der Waals surface area contributed by atoms with Crippen LogP contribution in [0.15, 0.2) is 30.3 Å². The highest BCUT2D eigenvalue weighted by atomic mass is 16.5. The van der Waals surface area contributed by atoms with E-state index in [2.05, 4.69) is 11.1 Å². The number of hydrogen-bond acceptors (Lipinski definition) is 3. The molecule has 3 nitrogen and oxygen atoms in total. The number of aromatic nitrogens is 1. The van der Waals surface area contributed by atoms with Gasteiger partial charge in [-0.15, -0.1) is 0 Å². The number of hydrogen-bond donors (Lipinski definition) is 1. The van der Waals surface area contributed by atoms with E-state index in [9.17, 15) is 0 Å². The summed E-state index contributed by atoms with van der Waals surface area (Å²) in [5.74, 6) is 1.41. The second-order valence-electron chi connectivity index (χ2n) is 5.66. The predicted molar refractivity (Wildman–Crippen MR) is 81.7 cm³/mol. The van der Waals surface area contributed by atoms with Gasteiger partial charge in [-0.05, 0) is 30.4 Å². The van der Waals surface area contributed by atoms with Crippen LogP contribution in [0.2, 0.25) is 0 Å². The van der Waals surface area contributed by atoms with Crippen LogP contribution in [0.3, 0.4) is 0 Å². The maximum atomic E-state index is 5.93. The van der Waals surface area contributed by atoms with Crippen molar-refractivity contribution in [2.24, 2.45) is 11.7 Å². The van der Waals surface area contributed by atoms with Gasteiger partial charge < -0.3 is 10.5 Å². The van der Waals surface area contributed by atoms with Crippen molar-refractivity contribution in [3.05, 3.63) is 35.9 Å². The summed E-state index contributed by atoms with van der Waals surface area (Å²) >= 11 is 0. The Morgan fingerprint density at radius 2 is 1.95 bits per heavy atom. The van der Waals surface area contributed by atoms with Crippen molar-refractivity contribution in [3.8, 4) is 5.88 Å². The van der Waals surface area contributed by atoms with Crippen LogP contribution >= 0.6 is 0 Å². The van der Waals surface area contributed by atoms with E-state index in [1.165, 1.54) is 32.1 Å². The highest BCUT2D eigenvalue weighted by molar-refractivity contribution is 5.82. The number of benzene rings is 1. The molecule has 0 atom stereocenters.